The number of nitrogens with two attached hydrogens (primary N) is 1. The normalized spacial score (nSPS) is 20.6. The van der Waals surface area contributed by atoms with Gasteiger partial charge in [0.25, 0.3) is 0 Å². The predicted molar refractivity (Wildman–Crippen MR) is 69.1 cm³/mol. The van der Waals surface area contributed by atoms with Crippen LogP contribution in [0.25, 0.3) is 0 Å². The van der Waals surface area contributed by atoms with Crippen molar-refractivity contribution in [1.82, 2.24) is 9.88 Å². The summed E-state index contributed by atoms with van der Waals surface area (Å²) in [6.07, 6.45) is 1.33. The van der Waals surface area contributed by atoms with Gasteiger partial charge in [0, 0.05) is 43.3 Å². The second-order valence-corrected chi connectivity index (χ2v) is 5.78. The maximum absolute atomic E-state index is 11.5. The molecule has 17 heavy (non-hydrogen) atoms. The molecule has 1 aromatic heterocycles. The Kier molecular flexibility index (Phi) is 3.79. The molecular weight excluding hydrogens is 234 g/mol. The molecule has 2 N–H and O–H groups in total. The Morgan fingerprint density at radius 2 is 2.41 bits per heavy atom. The number of hydrogen-bond donors (Lipinski definition) is 1. The number of carbonyl (C=O) groups excluding carboxylic acids is 1. The van der Waals surface area contributed by atoms with E-state index in [0.717, 1.165) is 18.7 Å². The fraction of sp³-hybridized carbons (Fsp3) is 0.667. The third-order valence-electron chi connectivity index (χ3n) is 2.95. The number of likely N-dealkylation sites (tertiary alicyclic amines) is 1. The zero-order valence-electron chi connectivity index (χ0n) is 10.3. The van der Waals surface area contributed by atoms with E-state index in [2.05, 4.69) is 24.2 Å². The van der Waals surface area contributed by atoms with Gasteiger partial charge in [0.15, 0.2) is 0 Å². The molecule has 1 atom stereocenters. The van der Waals surface area contributed by atoms with Crippen LogP contribution in [-0.2, 0) is 11.2 Å². The van der Waals surface area contributed by atoms with E-state index < -0.39 is 0 Å². The number of rotatable bonds is 4. The molecule has 0 spiro atoms. The quantitative estimate of drug-likeness (QED) is 0.881. The molecule has 0 saturated carbocycles. The van der Waals surface area contributed by atoms with Gasteiger partial charge in [-0.3, -0.25) is 4.79 Å². The lowest BCUT2D eigenvalue weighted by Crippen LogP contribution is -2.30. The molecule has 5 heteroatoms. The van der Waals surface area contributed by atoms with E-state index in [1.165, 1.54) is 5.01 Å². The fourth-order valence-corrected chi connectivity index (χ4v) is 2.84. The van der Waals surface area contributed by atoms with Gasteiger partial charge in [-0.05, 0) is 0 Å². The highest BCUT2D eigenvalue weighted by Crippen LogP contribution is 2.20. The average Bonchev–Trinajstić information content (AvgIpc) is 2.82. The van der Waals surface area contributed by atoms with E-state index in [9.17, 15) is 4.79 Å². The van der Waals surface area contributed by atoms with E-state index in [-0.39, 0.29) is 11.9 Å². The number of nitrogens with zero attached hydrogens (tertiary/aromatic N) is 2. The summed E-state index contributed by atoms with van der Waals surface area (Å²) in [6, 6.07) is 0.0177. The SMILES string of the molecule is CC(C)c1nc(CCN2CC(N)CC2=O)cs1. The fourth-order valence-electron chi connectivity index (χ4n) is 1.97. The molecule has 1 aliphatic heterocycles. The van der Waals surface area contributed by atoms with E-state index in [4.69, 9.17) is 5.73 Å². The summed E-state index contributed by atoms with van der Waals surface area (Å²) < 4.78 is 0. The van der Waals surface area contributed by atoms with Crippen LogP contribution >= 0.6 is 11.3 Å². The van der Waals surface area contributed by atoms with Crippen molar-refractivity contribution < 1.29 is 4.79 Å². The van der Waals surface area contributed by atoms with Gasteiger partial charge in [0.05, 0.1) is 10.7 Å². The number of hydrogen-bond acceptors (Lipinski definition) is 4. The van der Waals surface area contributed by atoms with Crippen molar-refractivity contribution in [3.63, 3.8) is 0 Å². The maximum atomic E-state index is 11.5. The minimum Gasteiger partial charge on any atom is -0.341 e. The molecule has 0 aromatic carbocycles. The van der Waals surface area contributed by atoms with Crippen molar-refractivity contribution in [2.75, 3.05) is 13.1 Å². The standard InChI is InChI=1S/C12H19N3OS/c1-8(2)12-14-10(7-17-12)3-4-15-6-9(13)5-11(15)16/h7-9H,3-6,13H2,1-2H3. The molecule has 1 amide bonds. The van der Waals surface area contributed by atoms with Crippen molar-refractivity contribution in [3.8, 4) is 0 Å². The van der Waals surface area contributed by atoms with Gasteiger partial charge in [-0.25, -0.2) is 4.98 Å². The monoisotopic (exact) mass is 253 g/mol. The number of thiazole rings is 1. The van der Waals surface area contributed by atoms with Crippen LogP contribution in [0.4, 0.5) is 0 Å². The molecule has 1 aromatic rings. The van der Waals surface area contributed by atoms with Crippen LogP contribution in [0, 0.1) is 0 Å². The minimum atomic E-state index is 0.0177. The molecule has 0 radical (unpaired) electrons. The molecular formula is C12H19N3OS. The summed E-state index contributed by atoms with van der Waals surface area (Å²) in [5.41, 5.74) is 6.84. The Bertz CT molecular complexity index is 402. The Morgan fingerprint density at radius 3 is 2.94 bits per heavy atom. The van der Waals surface area contributed by atoms with Crippen molar-refractivity contribution in [3.05, 3.63) is 16.1 Å². The second kappa shape index (κ2) is 5.14. The van der Waals surface area contributed by atoms with Gasteiger partial charge in [-0.2, -0.15) is 0 Å². The first-order valence-electron chi connectivity index (χ1n) is 6.04. The molecule has 0 aliphatic carbocycles. The van der Waals surface area contributed by atoms with E-state index in [1.807, 2.05) is 4.90 Å². The van der Waals surface area contributed by atoms with E-state index in [1.54, 1.807) is 11.3 Å². The van der Waals surface area contributed by atoms with Crippen LogP contribution in [0.1, 0.15) is 36.9 Å². The van der Waals surface area contributed by atoms with Gasteiger partial charge >= 0.3 is 0 Å². The highest BCUT2D eigenvalue weighted by Gasteiger charge is 2.26. The number of aromatic nitrogens is 1. The predicted octanol–water partition coefficient (Wildman–Crippen LogP) is 1.37. The van der Waals surface area contributed by atoms with Crippen LogP contribution in [-0.4, -0.2) is 34.9 Å². The van der Waals surface area contributed by atoms with Crippen LogP contribution in [0.15, 0.2) is 5.38 Å². The molecule has 4 nitrogen and oxygen atoms in total. The minimum absolute atomic E-state index is 0.0177. The zero-order valence-corrected chi connectivity index (χ0v) is 11.2. The van der Waals surface area contributed by atoms with Crippen molar-refractivity contribution >= 4 is 17.2 Å². The first kappa shape index (κ1) is 12.5. The Balaban J connectivity index is 1.87. The number of carbonyl (C=O) groups is 1. The number of amides is 1. The molecule has 1 saturated heterocycles. The lowest BCUT2D eigenvalue weighted by molar-refractivity contribution is -0.127. The van der Waals surface area contributed by atoms with Crippen molar-refractivity contribution in [2.45, 2.75) is 38.6 Å². The molecule has 1 fully saturated rings. The summed E-state index contributed by atoms with van der Waals surface area (Å²) in [7, 11) is 0. The second-order valence-electron chi connectivity index (χ2n) is 4.89. The van der Waals surface area contributed by atoms with E-state index in [0.29, 0.717) is 18.9 Å². The summed E-state index contributed by atoms with van der Waals surface area (Å²) in [5.74, 6) is 0.660. The summed E-state index contributed by atoms with van der Waals surface area (Å²) >= 11 is 1.70. The summed E-state index contributed by atoms with van der Waals surface area (Å²) in [4.78, 5) is 18.0. The van der Waals surface area contributed by atoms with E-state index >= 15 is 0 Å². The van der Waals surface area contributed by atoms with Gasteiger partial charge in [0.2, 0.25) is 5.91 Å². The molecule has 0 bridgehead atoms. The van der Waals surface area contributed by atoms with Gasteiger partial charge < -0.3 is 10.6 Å². The first-order valence-corrected chi connectivity index (χ1v) is 6.92. The Hall–Kier alpha value is -0.940. The van der Waals surface area contributed by atoms with Gasteiger partial charge in [0.1, 0.15) is 0 Å². The summed E-state index contributed by atoms with van der Waals surface area (Å²) in [5, 5.41) is 3.26. The van der Waals surface area contributed by atoms with Crippen LogP contribution in [0.2, 0.25) is 0 Å². The van der Waals surface area contributed by atoms with Crippen LogP contribution in [0.5, 0.6) is 0 Å². The smallest absolute Gasteiger partial charge is 0.224 e. The highest BCUT2D eigenvalue weighted by atomic mass is 32.1. The highest BCUT2D eigenvalue weighted by molar-refractivity contribution is 7.09. The average molecular weight is 253 g/mol. The molecule has 1 unspecified atom stereocenters. The third-order valence-corrected chi connectivity index (χ3v) is 4.14. The Morgan fingerprint density at radius 1 is 1.65 bits per heavy atom. The molecule has 2 rings (SSSR count). The van der Waals surface area contributed by atoms with Crippen LogP contribution in [0.3, 0.4) is 0 Å². The molecule has 1 aliphatic rings. The third kappa shape index (κ3) is 3.04. The van der Waals surface area contributed by atoms with Crippen LogP contribution < -0.4 is 5.73 Å². The van der Waals surface area contributed by atoms with Crippen molar-refractivity contribution in [1.29, 1.82) is 0 Å². The Labute approximate surface area is 106 Å². The lowest BCUT2D eigenvalue weighted by Gasteiger charge is -2.14. The largest absolute Gasteiger partial charge is 0.341 e. The summed E-state index contributed by atoms with van der Waals surface area (Å²) in [6.45, 7) is 5.73. The van der Waals surface area contributed by atoms with Gasteiger partial charge in [-0.1, -0.05) is 13.8 Å². The lowest BCUT2D eigenvalue weighted by atomic mass is 10.2. The maximum Gasteiger partial charge on any atom is 0.224 e. The first-order chi connectivity index (χ1) is 8.06. The molecule has 94 valence electrons. The van der Waals surface area contributed by atoms with Crippen molar-refractivity contribution in [2.24, 2.45) is 5.73 Å². The zero-order chi connectivity index (χ0) is 12.4. The van der Waals surface area contributed by atoms with Gasteiger partial charge in [-0.15, -0.1) is 11.3 Å². The molecule has 2 heterocycles. The topological polar surface area (TPSA) is 59.2 Å².